The van der Waals surface area contributed by atoms with Gasteiger partial charge in [-0.05, 0) is 49.2 Å². The standard InChI is InChI=1S/C15H14ClN/c1-11-4-3-5-15(10-11)17-12(2)13-6-8-14(16)9-7-13/h3-10H,1-2H3. The Kier molecular flexibility index (Phi) is 3.60. The summed E-state index contributed by atoms with van der Waals surface area (Å²) < 4.78 is 0. The second-order valence-corrected chi connectivity index (χ2v) is 4.48. The van der Waals surface area contributed by atoms with Gasteiger partial charge in [-0.25, -0.2) is 0 Å². The lowest BCUT2D eigenvalue weighted by molar-refractivity contribution is 1.41. The highest BCUT2D eigenvalue weighted by atomic mass is 35.5. The van der Waals surface area contributed by atoms with Gasteiger partial charge < -0.3 is 0 Å². The molecule has 0 saturated carbocycles. The summed E-state index contributed by atoms with van der Waals surface area (Å²) in [5.74, 6) is 0. The van der Waals surface area contributed by atoms with Crippen LogP contribution in [0.1, 0.15) is 18.1 Å². The molecule has 0 aromatic heterocycles. The summed E-state index contributed by atoms with van der Waals surface area (Å²) in [6.45, 7) is 4.07. The molecule has 0 amide bonds. The molecule has 0 heterocycles. The number of rotatable bonds is 2. The van der Waals surface area contributed by atoms with Gasteiger partial charge in [0.1, 0.15) is 0 Å². The van der Waals surface area contributed by atoms with E-state index >= 15 is 0 Å². The summed E-state index contributed by atoms with van der Waals surface area (Å²) in [7, 11) is 0. The molecule has 0 unspecified atom stereocenters. The van der Waals surface area contributed by atoms with E-state index in [1.54, 1.807) is 0 Å². The van der Waals surface area contributed by atoms with E-state index in [1.807, 2.05) is 43.3 Å². The summed E-state index contributed by atoms with van der Waals surface area (Å²) in [6, 6.07) is 15.9. The molecule has 0 aliphatic heterocycles. The molecule has 2 heteroatoms. The lowest BCUT2D eigenvalue weighted by atomic mass is 10.1. The summed E-state index contributed by atoms with van der Waals surface area (Å²) in [5.41, 5.74) is 4.29. The Morgan fingerprint density at radius 3 is 2.41 bits per heavy atom. The van der Waals surface area contributed by atoms with Crippen LogP contribution in [0, 0.1) is 6.92 Å². The van der Waals surface area contributed by atoms with Gasteiger partial charge in [0.15, 0.2) is 0 Å². The summed E-state index contributed by atoms with van der Waals surface area (Å²) in [5, 5.41) is 0.747. The van der Waals surface area contributed by atoms with Crippen LogP contribution in [0.3, 0.4) is 0 Å². The van der Waals surface area contributed by atoms with Crippen molar-refractivity contribution in [3.05, 3.63) is 64.7 Å². The van der Waals surface area contributed by atoms with Gasteiger partial charge in [0.25, 0.3) is 0 Å². The molecule has 1 nitrogen and oxygen atoms in total. The van der Waals surface area contributed by atoms with Gasteiger partial charge in [0.2, 0.25) is 0 Å². The largest absolute Gasteiger partial charge is 0.253 e. The van der Waals surface area contributed by atoms with Crippen LogP contribution in [0.2, 0.25) is 5.02 Å². The molecule has 2 rings (SSSR count). The number of aliphatic imine (C=N–C) groups is 1. The Balaban J connectivity index is 2.30. The highest BCUT2D eigenvalue weighted by Crippen LogP contribution is 2.16. The zero-order valence-electron chi connectivity index (χ0n) is 9.94. The molecule has 0 saturated heterocycles. The Morgan fingerprint density at radius 2 is 1.76 bits per heavy atom. The van der Waals surface area contributed by atoms with E-state index in [1.165, 1.54) is 5.56 Å². The van der Waals surface area contributed by atoms with Crippen LogP contribution in [-0.2, 0) is 0 Å². The van der Waals surface area contributed by atoms with E-state index in [2.05, 4.69) is 24.0 Å². The van der Waals surface area contributed by atoms with Gasteiger partial charge in [-0.3, -0.25) is 4.99 Å². The van der Waals surface area contributed by atoms with Crippen molar-refractivity contribution in [3.8, 4) is 0 Å². The molecule has 0 aliphatic carbocycles. The zero-order valence-corrected chi connectivity index (χ0v) is 10.7. The number of aryl methyl sites for hydroxylation is 1. The van der Waals surface area contributed by atoms with Crippen LogP contribution >= 0.6 is 11.6 Å². The van der Waals surface area contributed by atoms with Crippen LogP contribution in [0.25, 0.3) is 0 Å². The third-order valence-electron chi connectivity index (χ3n) is 2.56. The van der Waals surface area contributed by atoms with Gasteiger partial charge in [0.05, 0.1) is 5.69 Å². The molecule has 0 radical (unpaired) electrons. The topological polar surface area (TPSA) is 12.4 Å². The summed E-state index contributed by atoms with van der Waals surface area (Å²) in [6.07, 6.45) is 0. The average Bonchev–Trinajstić information content (AvgIpc) is 2.29. The molecule has 0 N–H and O–H groups in total. The molecule has 0 spiro atoms. The Morgan fingerprint density at radius 1 is 1.06 bits per heavy atom. The van der Waals surface area contributed by atoms with E-state index < -0.39 is 0 Å². The average molecular weight is 244 g/mol. The van der Waals surface area contributed by atoms with Gasteiger partial charge >= 0.3 is 0 Å². The normalized spacial score (nSPS) is 11.6. The van der Waals surface area contributed by atoms with Crippen molar-refractivity contribution in [1.82, 2.24) is 0 Å². The maximum absolute atomic E-state index is 5.86. The Hall–Kier alpha value is -1.60. The molecular formula is C15H14ClN. The monoisotopic (exact) mass is 243 g/mol. The maximum Gasteiger partial charge on any atom is 0.0635 e. The number of benzene rings is 2. The fourth-order valence-electron chi connectivity index (χ4n) is 1.65. The lowest BCUT2D eigenvalue weighted by Gasteiger charge is -2.02. The Labute approximate surface area is 107 Å². The molecule has 0 bridgehead atoms. The van der Waals surface area contributed by atoms with Crippen molar-refractivity contribution < 1.29 is 0 Å². The molecule has 86 valence electrons. The first-order valence-corrected chi connectivity index (χ1v) is 5.91. The van der Waals surface area contributed by atoms with Gasteiger partial charge in [0, 0.05) is 10.7 Å². The minimum Gasteiger partial charge on any atom is -0.253 e. The summed E-state index contributed by atoms with van der Waals surface area (Å²) >= 11 is 5.86. The Bertz CT molecular complexity index is 541. The highest BCUT2D eigenvalue weighted by molar-refractivity contribution is 6.30. The van der Waals surface area contributed by atoms with Gasteiger partial charge in [-0.15, -0.1) is 0 Å². The van der Waals surface area contributed by atoms with Crippen molar-refractivity contribution in [3.63, 3.8) is 0 Å². The highest BCUT2D eigenvalue weighted by Gasteiger charge is 1.98. The first kappa shape index (κ1) is 11.9. The van der Waals surface area contributed by atoms with Crippen LogP contribution in [-0.4, -0.2) is 5.71 Å². The molecular weight excluding hydrogens is 230 g/mol. The first-order chi connectivity index (χ1) is 8.15. The first-order valence-electron chi connectivity index (χ1n) is 5.53. The predicted molar refractivity (Wildman–Crippen MR) is 74.5 cm³/mol. The fourth-order valence-corrected chi connectivity index (χ4v) is 1.77. The minimum absolute atomic E-state index is 0.747. The minimum atomic E-state index is 0.747. The van der Waals surface area contributed by atoms with Crippen molar-refractivity contribution in [2.24, 2.45) is 4.99 Å². The quantitative estimate of drug-likeness (QED) is 0.673. The SMILES string of the molecule is CC(=Nc1cccc(C)c1)c1ccc(Cl)cc1. The lowest BCUT2D eigenvalue weighted by Crippen LogP contribution is -1.93. The molecule has 0 aliphatic rings. The third-order valence-corrected chi connectivity index (χ3v) is 2.81. The van der Waals surface area contributed by atoms with Gasteiger partial charge in [-0.2, -0.15) is 0 Å². The van der Waals surface area contributed by atoms with E-state index in [0.29, 0.717) is 0 Å². The zero-order chi connectivity index (χ0) is 12.3. The van der Waals surface area contributed by atoms with Crippen molar-refractivity contribution in [2.45, 2.75) is 13.8 Å². The van der Waals surface area contributed by atoms with Crippen LogP contribution in [0.15, 0.2) is 53.5 Å². The van der Waals surface area contributed by atoms with Gasteiger partial charge in [-0.1, -0.05) is 35.9 Å². The number of hydrogen-bond donors (Lipinski definition) is 0. The second kappa shape index (κ2) is 5.15. The smallest absolute Gasteiger partial charge is 0.0635 e. The fraction of sp³-hybridized carbons (Fsp3) is 0.133. The van der Waals surface area contributed by atoms with E-state index in [0.717, 1.165) is 22.0 Å². The second-order valence-electron chi connectivity index (χ2n) is 4.04. The summed E-state index contributed by atoms with van der Waals surface area (Å²) in [4.78, 5) is 4.59. The molecule has 2 aromatic carbocycles. The molecule has 0 fully saturated rings. The number of nitrogens with zero attached hydrogens (tertiary/aromatic N) is 1. The van der Waals surface area contributed by atoms with E-state index in [9.17, 15) is 0 Å². The van der Waals surface area contributed by atoms with Crippen LogP contribution in [0.5, 0.6) is 0 Å². The van der Waals surface area contributed by atoms with E-state index in [4.69, 9.17) is 11.6 Å². The van der Waals surface area contributed by atoms with Crippen molar-refractivity contribution in [1.29, 1.82) is 0 Å². The van der Waals surface area contributed by atoms with Crippen molar-refractivity contribution >= 4 is 23.0 Å². The number of hydrogen-bond acceptors (Lipinski definition) is 1. The maximum atomic E-state index is 5.86. The molecule has 17 heavy (non-hydrogen) atoms. The van der Waals surface area contributed by atoms with Crippen LogP contribution < -0.4 is 0 Å². The number of halogens is 1. The van der Waals surface area contributed by atoms with Crippen LogP contribution in [0.4, 0.5) is 5.69 Å². The van der Waals surface area contributed by atoms with Crippen molar-refractivity contribution in [2.75, 3.05) is 0 Å². The third kappa shape index (κ3) is 3.18. The predicted octanol–water partition coefficient (Wildman–Crippen LogP) is 4.79. The molecule has 0 atom stereocenters. The molecule has 2 aromatic rings. The van der Waals surface area contributed by atoms with E-state index in [-0.39, 0.29) is 0 Å².